The summed E-state index contributed by atoms with van der Waals surface area (Å²) in [6.45, 7) is 8.17. The molecular formula is C16H27N3O3. The summed E-state index contributed by atoms with van der Waals surface area (Å²) in [4.78, 5) is 15.9. The first-order chi connectivity index (χ1) is 10.3. The maximum atomic E-state index is 11.8. The zero-order valence-electron chi connectivity index (χ0n) is 13.9. The average molecular weight is 309 g/mol. The van der Waals surface area contributed by atoms with Crippen LogP contribution >= 0.6 is 0 Å². The molecular weight excluding hydrogens is 282 g/mol. The van der Waals surface area contributed by atoms with E-state index in [0.29, 0.717) is 12.6 Å². The van der Waals surface area contributed by atoms with E-state index in [0.717, 1.165) is 37.3 Å². The van der Waals surface area contributed by atoms with Gasteiger partial charge in [0, 0.05) is 12.1 Å². The van der Waals surface area contributed by atoms with Gasteiger partial charge in [0.25, 0.3) is 0 Å². The Hall–Kier alpha value is -1.56. The van der Waals surface area contributed by atoms with Crippen LogP contribution in [0.25, 0.3) is 0 Å². The van der Waals surface area contributed by atoms with Gasteiger partial charge in [0.2, 0.25) is 5.89 Å². The van der Waals surface area contributed by atoms with E-state index in [-0.39, 0.29) is 12.1 Å². The minimum Gasteiger partial charge on any atom is -0.445 e. The van der Waals surface area contributed by atoms with Crippen LogP contribution in [0.15, 0.2) is 10.6 Å². The summed E-state index contributed by atoms with van der Waals surface area (Å²) < 4.78 is 10.7. The second kappa shape index (κ2) is 7.13. The van der Waals surface area contributed by atoms with E-state index in [4.69, 9.17) is 9.15 Å². The van der Waals surface area contributed by atoms with E-state index in [1.165, 1.54) is 0 Å². The number of aromatic nitrogens is 1. The molecule has 22 heavy (non-hydrogen) atoms. The molecule has 1 aliphatic carbocycles. The molecule has 0 aromatic carbocycles. The first-order valence-electron chi connectivity index (χ1n) is 7.96. The Bertz CT molecular complexity index is 485. The lowest BCUT2D eigenvalue weighted by Gasteiger charge is -2.30. The van der Waals surface area contributed by atoms with Gasteiger partial charge < -0.3 is 19.8 Å². The van der Waals surface area contributed by atoms with Crippen LogP contribution in [0.4, 0.5) is 4.79 Å². The quantitative estimate of drug-likeness (QED) is 0.894. The number of alkyl carbamates (subject to hydrolysis) is 1. The molecule has 0 atom stereocenters. The van der Waals surface area contributed by atoms with E-state index in [1.807, 2.05) is 27.7 Å². The zero-order valence-corrected chi connectivity index (χ0v) is 13.9. The SMILES string of the molecule is Cc1cnc(CNC2CCC(NC(=O)OC(C)(C)C)CC2)o1. The third-order valence-corrected chi connectivity index (χ3v) is 3.66. The summed E-state index contributed by atoms with van der Waals surface area (Å²) in [5.74, 6) is 1.56. The molecule has 1 fully saturated rings. The number of nitrogens with zero attached hydrogens (tertiary/aromatic N) is 1. The fraction of sp³-hybridized carbons (Fsp3) is 0.750. The van der Waals surface area contributed by atoms with Crippen molar-refractivity contribution in [2.75, 3.05) is 0 Å². The summed E-state index contributed by atoms with van der Waals surface area (Å²) in [5, 5.41) is 6.42. The topological polar surface area (TPSA) is 76.4 Å². The number of rotatable bonds is 4. The van der Waals surface area contributed by atoms with Gasteiger partial charge in [0.1, 0.15) is 11.4 Å². The number of carbonyl (C=O) groups excluding carboxylic acids is 1. The average Bonchev–Trinajstić information content (AvgIpc) is 2.81. The second-order valence-corrected chi connectivity index (χ2v) is 6.94. The Balaban J connectivity index is 1.66. The highest BCUT2D eigenvalue weighted by atomic mass is 16.6. The van der Waals surface area contributed by atoms with Gasteiger partial charge in [0.05, 0.1) is 12.7 Å². The number of hydrogen-bond acceptors (Lipinski definition) is 5. The predicted molar refractivity (Wildman–Crippen MR) is 83.5 cm³/mol. The molecule has 2 N–H and O–H groups in total. The van der Waals surface area contributed by atoms with Gasteiger partial charge in [-0.25, -0.2) is 9.78 Å². The molecule has 6 nitrogen and oxygen atoms in total. The number of oxazole rings is 1. The highest BCUT2D eigenvalue weighted by Gasteiger charge is 2.24. The van der Waals surface area contributed by atoms with Gasteiger partial charge in [-0.1, -0.05) is 0 Å². The van der Waals surface area contributed by atoms with Crippen molar-refractivity contribution >= 4 is 6.09 Å². The van der Waals surface area contributed by atoms with Gasteiger partial charge in [-0.15, -0.1) is 0 Å². The molecule has 0 aliphatic heterocycles. The first-order valence-corrected chi connectivity index (χ1v) is 7.96. The molecule has 1 aliphatic rings. The first kappa shape index (κ1) is 16.8. The summed E-state index contributed by atoms with van der Waals surface area (Å²) in [7, 11) is 0. The van der Waals surface area contributed by atoms with Crippen molar-refractivity contribution in [3.05, 3.63) is 17.8 Å². The fourth-order valence-electron chi connectivity index (χ4n) is 2.63. The standard InChI is InChI=1S/C16H27N3O3/c1-11-9-18-14(21-11)10-17-12-5-7-13(8-6-12)19-15(20)22-16(2,3)4/h9,12-13,17H,5-8,10H2,1-4H3,(H,19,20). The molecule has 1 saturated carbocycles. The zero-order chi connectivity index (χ0) is 16.2. The van der Waals surface area contributed by atoms with Crippen molar-refractivity contribution in [1.82, 2.24) is 15.6 Å². The van der Waals surface area contributed by atoms with Gasteiger partial charge in [0.15, 0.2) is 0 Å². The molecule has 0 unspecified atom stereocenters. The second-order valence-electron chi connectivity index (χ2n) is 6.94. The Morgan fingerprint density at radius 1 is 1.32 bits per heavy atom. The molecule has 1 amide bonds. The highest BCUT2D eigenvalue weighted by Crippen LogP contribution is 2.19. The van der Waals surface area contributed by atoms with Gasteiger partial charge >= 0.3 is 6.09 Å². The van der Waals surface area contributed by atoms with Crippen LogP contribution in [0.1, 0.15) is 58.1 Å². The van der Waals surface area contributed by atoms with Crippen LogP contribution in [0.3, 0.4) is 0 Å². The van der Waals surface area contributed by atoms with Crippen LogP contribution in [-0.2, 0) is 11.3 Å². The van der Waals surface area contributed by atoms with Crippen molar-refractivity contribution in [3.63, 3.8) is 0 Å². The molecule has 0 saturated heterocycles. The summed E-state index contributed by atoms with van der Waals surface area (Å²) >= 11 is 0. The Labute approximate surface area is 132 Å². The van der Waals surface area contributed by atoms with Crippen LogP contribution in [0.5, 0.6) is 0 Å². The Morgan fingerprint density at radius 3 is 2.50 bits per heavy atom. The highest BCUT2D eigenvalue weighted by molar-refractivity contribution is 5.68. The molecule has 0 radical (unpaired) electrons. The van der Waals surface area contributed by atoms with E-state index in [2.05, 4.69) is 15.6 Å². The van der Waals surface area contributed by atoms with Crippen molar-refractivity contribution in [2.45, 2.75) is 77.6 Å². The predicted octanol–water partition coefficient (Wildman–Crippen LogP) is 2.91. The number of aryl methyl sites for hydroxylation is 1. The molecule has 1 heterocycles. The van der Waals surface area contributed by atoms with Crippen molar-refractivity contribution in [2.24, 2.45) is 0 Å². The lowest BCUT2D eigenvalue weighted by Crippen LogP contribution is -2.43. The molecule has 0 spiro atoms. The summed E-state index contributed by atoms with van der Waals surface area (Å²) in [6, 6.07) is 0.653. The largest absolute Gasteiger partial charge is 0.445 e. The van der Waals surface area contributed by atoms with Crippen LogP contribution < -0.4 is 10.6 Å². The van der Waals surface area contributed by atoms with E-state index >= 15 is 0 Å². The molecule has 6 heteroatoms. The summed E-state index contributed by atoms with van der Waals surface area (Å²) in [5.41, 5.74) is -0.447. The molecule has 124 valence electrons. The Morgan fingerprint density at radius 2 is 1.95 bits per heavy atom. The lowest BCUT2D eigenvalue weighted by atomic mass is 9.91. The van der Waals surface area contributed by atoms with E-state index in [1.54, 1.807) is 6.20 Å². The lowest BCUT2D eigenvalue weighted by molar-refractivity contribution is 0.0489. The number of nitrogens with one attached hydrogen (secondary N) is 2. The van der Waals surface area contributed by atoms with E-state index < -0.39 is 5.60 Å². The Kier molecular flexibility index (Phi) is 5.45. The minimum absolute atomic E-state index is 0.205. The van der Waals surface area contributed by atoms with E-state index in [9.17, 15) is 4.79 Å². The number of amides is 1. The normalized spacial score (nSPS) is 22.4. The monoisotopic (exact) mass is 309 g/mol. The van der Waals surface area contributed by atoms with Gasteiger partial charge in [-0.3, -0.25) is 0 Å². The maximum absolute atomic E-state index is 11.8. The number of carbonyl (C=O) groups is 1. The van der Waals surface area contributed by atoms with Gasteiger partial charge in [-0.05, 0) is 53.4 Å². The van der Waals surface area contributed by atoms with Crippen molar-refractivity contribution in [1.29, 1.82) is 0 Å². The third-order valence-electron chi connectivity index (χ3n) is 3.66. The van der Waals surface area contributed by atoms with Crippen LogP contribution in [-0.4, -0.2) is 28.8 Å². The van der Waals surface area contributed by atoms with Crippen LogP contribution in [0.2, 0.25) is 0 Å². The molecule has 1 aromatic heterocycles. The molecule has 0 bridgehead atoms. The van der Waals surface area contributed by atoms with Crippen molar-refractivity contribution in [3.8, 4) is 0 Å². The van der Waals surface area contributed by atoms with Gasteiger partial charge in [-0.2, -0.15) is 0 Å². The smallest absolute Gasteiger partial charge is 0.407 e. The maximum Gasteiger partial charge on any atom is 0.407 e. The molecule has 1 aromatic rings. The van der Waals surface area contributed by atoms with Crippen LogP contribution in [0, 0.1) is 6.92 Å². The minimum atomic E-state index is -0.447. The number of ether oxygens (including phenoxy) is 1. The molecule has 2 rings (SSSR count). The third kappa shape index (κ3) is 5.67. The number of hydrogen-bond donors (Lipinski definition) is 2. The summed E-state index contributed by atoms with van der Waals surface area (Å²) in [6.07, 6.45) is 5.39. The fourth-order valence-corrected chi connectivity index (χ4v) is 2.63. The van der Waals surface area contributed by atoms with Crippen molar-refractivity contribution < 1.29 is 13.9 Å².